The predicted molar refractivity (Wildman–Crippen MR) is 59.3 cm³/mol. The number of aliphatic hydroxyl groups is 2. The highest BCUT2D eigenvalue weighted by molar-refractivity contribution is 5.79. The van der Waals surface area contributed by atoms with Gasteiger partial charge in [0.15, 0.2) is 0 Å². The predicted octanol–water partition coefficient (Wildman–Crippen LogP) is -0.555. The molecule has 0 aromatic heterocycles. The zero-order valence-electron chi connectivity index (χ0n) is 9.76. The van der Waals surface area contributed by atoms with Gasteiger partial charge in [0.25, 0.3) is 0 Å². The maximum absolute atomic E-state index is 11.9. The van der Waals surface area contributed by atoms with Crippen LogP contribution in [-0.4, -0.2) is 58.4 Å². The molecule has 0 unspecified atom stereocenters. The van der Waals surface area contributed by atoms with E-state index in [1.165, 1.54) is 4.90 Å². The van der Waals surface area contributed by atoms with Crippen LogP contribution in [0.1, 0.15) is 25.7 Å². The number of hydrogen-bond acceptors (Lipinski definition) is 4. The van der Waals surface area contributed by atoms with E-state index in [4.69, 9.17) is 15.3 Å². The van der Waals surface area contributed by atoms with E-state index in [1.54, 1.807) is 0 Å². The number of nitrogens with zero attached hydrogens (tertiary/aromatic N) is 1. The number of hydrogen-bond donors (Lipinski definition) is 3. The maximum Gasteiger partial charge on any atom is 0.303 e. The lowest BCUT2D eigenvalue weighted by Crippen LogP contribution is -2.37. The molecule has 98 valence electrons. The van der Waals surface area contributed by atoms with E-state index in [9.17, 15) is 9.59 Å². The summed E-state index contributed by atoms with van der Waals surface area (Å²) in [5.41, 5.74) is -0.383. The molecule has 0 saturated heterocycles. The van der Waals surface area contributed by atoms with Gasteiger partial charge in [-0.25, -0.2) is 0 Å². The van der Waals surface area contributed by atoms with Gasteiger partial charge in [-0.3, -0.25) is 9.59 Å². The van der Waals surface area contributed by atoms with Gasteiger partial charge in [0.05, 0.1) is 19.6 Å². The molecule has 6 heteroatoms. The molecule has 1 amide bonds. The number of carbonyl (C=O) groups is 2. The fourth-order valence-electron chi connectivity index (χ4n) is 1.95. The Kier molecular flexibility index (Phi) is 4.89. The second-order valence-electron chi connectivity index (χ2n) is 4.58. The molecule has 0 heterocycles. The van der Waals surface area contributed by atoms with E-state index < -0.39 is 5.97 Å². The first-order valence-corrected chi connectivity index (χ1v) is 5.74. The lowest BCUT2D eigenvalue weighted by atomic mass is 9.97. The molecule has 1 aliphatic carbocycles. The molecule has 0 bridgehead atoms. The van der Waals surface area contributed by atoms with Crippen molar-refractivity contribution in [2.45, 2.75) is 25.7 Å². The van der Waals surface area contributed by atoms with Crippen molar-refractivity contribution in [3.63, 3.8) is 0 Å². The van der Waals surface area contributed by atoms with Crippen LogP contribution in [0.3, 0.4) is 0 Å². The van der Waals surface area contributed by atoms with Gasteiger partial charge >= 0.3 is 5.97 Å². The molecule has 0 aliphatic heterocycles. The summed E-state index contributed by atoms with van der Waals surface area (Å²) in [5.74, 6) is -1.07. The summed E-state index contributed by atoms with van der Waals surface area (Å²) >= 11 is 0. The van der Waals surface area contributed by atoms with Gasteiger partial charge in [-0.15, -0.1) is 0 Å². The number of carbonyl (C=O) groups excluding carboxylic acids is 1. The fourth-order valence-corrected chi connectivity index (χ4v) is 1.95. The van der Waals surface area contributed by atoms with Crippen molar-refractivity contribution in [1.29, 1.82) is 0 Å². The molecular formula is C11H19NO5. The third-order valence-corrected chi connectivity index (χ3v) is 3.10. The van der Waals surface area contributed by atoms with E-state index in [2.05, 4.69) is 0 Å². The Labute approximate surface area is 99.8 Å². The van der Waals surface area contributed by atoms with Crippen molar-refractivity contribution >= 4 is 11.9 Å². The van der Waals surface area contributed by atoms with Crippen LogP contribution >= 0.6 is 0 Å². The minimum atomic E-state index is -0.883. The van der Waals surface area contributed by atoms with Gasteiger partial charge < -0.3 is 20.2 Å². The van der Waals surface area contributed by atoms with E-state index in [0.717, 1.165) is 12.8 Å². The summed E-state index contributed by atoms with van der Waals surface area (Å²) in [6.45, 7) is 0.0560. The number of aliphatic hydroxyl groups excluding tert-OH is 2. The molecule has 0 spiro atoms. The monoisotopic (exact) mass is 245 g/mol. The van der Waals surface area contributed by atoms with Crippen molar-refractivity contribution in [2.24, 2.45) is 5.41 Å². The normalized spacial score (nSPS) is 16.6. The van der Waals surface area contributed by atoms with E-state index in [0.29, 0.717) is 0 Å². The second kappa shape index (κ2) is 5.97. The van der Waals surface area contributed by atoms with Gasteiger partial charge in [0.1, 0.15) is 0 Å². The van der Waals surface area contributed by atoms with E-state index >= 15 is 0 Å². The summed E-state index contributed by atoms with van der Waals surface area (Å²) in [6.07, 6.45) is 1.73. The Morgan fingerprint density at radius 3 is 1.94 bits per heavy atom. The van der Waals surface area contributed by atoms with Crippen LogP contribution in [0, 0.1) is 5.41 Å². The van der Waals surface area contributed by atoms with Crippen molar-refractivity contribution in [3.05, 3.63) is 0 Å². The van der Waals surface area contributed by atoms with Crippen LogP contribution in [-0.2, 0) is 9.59 Å². The number of aliphatic carboxylic acids is 1. The Hall–Kier alpha value is -1.14. The van der Waals surface area contributed by atoms with Crippen molar-refractivity contribution < 1.29 is 24.9 Å². The third-order valence-electron chi connectivity index (χ3n) is 3.10. The van der Waals surface area contributed by atoms with Gasteiger partial charge in [-0.1, -0.05) is 0 Å². The first kappa shape index (κ1) is 13.9. The molecule has 0 aromatic rings. The highest BCUT2D eigenvalue weighted by Crippen LogP contribution is 2.52. The van der Waals surface area contributed by atoms with Crippen LogP contribution < -0.4 is 0 Å². The molecule has 17 heavy (non-hydrogen) atoms. The van der Waals surface area contributed by atoms with E-state index in [1.807, 2.05) is 0 Å². The van der Waals surface area contributed by atoms with Crippen molar-refractivity contribution in [1.82, 2.24) is 4.90 Å². The molecule has 0 radical (unpaired) electrons. The van der Waals surface area contributed by atoms with Crippen molar-refractivity contribution in [2.75, 3.05) is 26.3 Å². The fraction of sp³-hybridized carbons (Fsp3) is 0.818. The lowest BCUT2D eigenvalue weighted by Gasteiger charge is -2.23. The third kappa shape index (κ3) is 4.32. The molecule has 3 N–H and O–H groups in total. The second-order valence-corrected chi connectivity index (χ2v) is 4.58. The summed E-state index contributed by atoms with van der Waals surface area (Å²) in [5, 5.41) is 26.3. The Balaban J connectivity index is 2.48. The topological polar surface area (TPSA) is 98.1 Å². The minimum Gasteiger partial charge on any atom is -0.481 e. The molecule has 0 atom stereocenters. The van der Waals surface area contributed by atoms with Crippen LogP contribution in [0.4, 0.5) is 0 Å². The quantitative estimate of drug-likeness (QED) is 0.532. The molecular weight excluding hydrogens is 226 g/mol. The number of rotatable bonds is 8. The number of carboxylic acid groups (broad SMARTS) is 1. The molecule has 1 rings (SSSR count). The highest BCUT2D eigenvalue weighted by atomic mass is 16.4. The van der Waals surface area contributed by atoms with Crippen LogP contribution in [0.15, 0.2) is 0 Å². The molecule has 6 nitrogen and oxygen atoms in total. The first-order chi connectivity index (χ1) is 8.03. The standard InChI is InChI=1S/C11H19NO5/c13-5-3-12(4-6-14)9(15)7-11(1-2-11)8-10(16)17/h13-14H,1-8H2,(H,16,17). The van der Waals surface area contributed by atoms with Gasteiger partial charge in [-0.05, 0) is 18.3 Å². The summed E-state index contributed by atoms with van der Waals surface area (Å²) in [6, 6.07) is 0. The zero-order valence-corrected chi connectivity index (χ0v) is 9.76. The highest BCUT2D eigenvalue weighted by Gasteiger charge is 2.46. The van der Waals surface area contributed by atoms with Crippen LogP contribution in [0.5, 0.6) is 0 Å². The average Bonchev–Trinajstić information content (AvgIpc) is 2.96. The first-order valence-electron chi connectivity index (χ1n) is 5.74. The number of amides is 1. The van der Waals surface area contributed by atoms with Crippen LogP contribution in [0.2, 0.25) is 0 Å². The maximum atomic E-state index is 11.9. The minimum absolute atomic E-state index is 0.0187. The Morgan fingerprint density at radius 2 is 1.59 bits per heavy atom. The lowest BCUT2D eigenvalue weighted by molar-refractivity contribution is -0.139. The van der Waals surface area contributed by atoms with Crippen LogP contribution in [0.25, 0.3) is 0 Å². The van der Waals surface area contributed by atoms with Gasteiger partial charge in [0.2, 0.25) is 5.91 Å². The largest absolute Gasteiger partial charge is 0.481 e. The van der Waals surface area contributed by atoms with E-state index in [-0.39, 0.29) is 50.5 Å². The van der Waals surface area contributed by atoms with Gasteiger partial charge in [-0.2, -0.15) is 0 Å². The zero-order chi connectivity index (χ0) is 12.9. The summed E-state index contributed by atoms with van der Waals surface area (Å²) in [7, 11) is 0. The smallest absolute Gasteiger partial charge is 0.303 e. The summed E-state index contributed by atoms with van der Waals surface area (Å²) in [4.78, 5) is 23.9. The van der Waals surface area contributed by atoms with Gasteiger partial charge in [0, 0.05) is 19.5 Å². The average molecular weight is 245 g/mol. The molecule has 0 aromatic carbocycles. The Morgan fingerprint density at radius 1 is 1.06 bits per heavy atom. The molecule has 1 aliphatic rings. The van der Waals surface area contributed by atoms with Crippen molar-refractivity contribution in [3.8, 4) is 0 Å². The number of carboxylic acids is 1. The SMILES string of the molecule is O=C(O)CC1(CC(=O)N(CCO)CCO)CC1. The molecule has 1 fully saturated rings. The summed E-state index contributed by atoms with van der Waals surface area (Å²) < 4.78 is 0. The Bertz CT molecular complexity index is 282. The molecule has 1 saturated carbocycles.